The van der Waals surface area contributed by atoms with Gasteiger partial charge in [0, 0.05) is 31.7 Å². The number of benzene rings is 1. The number of halogens is 3. The second kappa shape index (κ2) is 7.14. The standard InChI is InChI=1S/C19H20F3N5O/c1-11(2)27-17-12(10-24-27)7-13(9-23-17)18(28)25-15-8-14(19(20,21)22)5-6-16(15)26(3)4/h5-11H,1-4H3,(H,25,28). The van der Waals surface area contributed by atoms with Crippen molar-refractivity contribution in [1.82, 2.24) is 14.8 Å². The van der Waals surface area contributed by atoms with Gasteiger partial charge in [0.05, 0.1) is 28.7 Å². The molecule has 0 radical (unpaired) electrons. The highest BCUT2D eigenvalue weighted by Gasteiger charge is 2.31. The Labute approximate surface area is 160 Å². The van der Waals surface area contributed by atoms with Crippen LogP contribution in [0.1, 0.15) is 35.8 Å². The molecular formula is C19H20F3N5O. The summed E-state index contributed by atoms with van der Waals surface area (Å²) >= 11 is 0. The summed E-state index contributed by atoms with van der Waals surface area (Å²) in [5.41, 5.74) is 0.573. The van der Waals surface area contributed by atoms with E-state index in [0.29, 0.717) is 16.7 Å². The van der Waals surface area contributed by atoms with E-state index in [1.807, 2.05) is 13.8 Å². The molecule has 0 atom stereocenters. The molecule has 1 N–H and O–H groups in total. The van der Waals surface area contributed by atoms with Crippen LogP contribution in [-0.4, -0.2) is 34.8 Å². The zero-order valence-electron chi connectivity index (χ0n) is 15.9. The van der Waals surface area contributed by atoms with Gasteiger partial charge in [0.15, 0.2) is 5.65 Å². The van der Waals surface area contributed by atoms with E-state index < -0.39 is 17.6 Å². The molecule has 2 heterocycles. The van der Waals surface area contributed by atoms with E-state index in [9.17, 15) is 18.0 Å². The number of carbonyl (C=O) groups is 1. The molecule has 2 aromatic heterocycles. The minimum atomic E-state index is -4.50. The fraction of sp³-hybridized carbons (Fsp3) is 0.316. The SMILES string of the molecule is CC(C)n1ncc2cc(C(=O)Nc3cc(C(F)(F)F)ccc3N(C)C)cnc21. The average Bonchev–Trinajstić information content (AvgIpc) is 3.04. The number of fused-ring (bicyclic) bond motifs is 1. The van der Waals surface area contributed by atoms with Gasteiger partial charge < -0.3 is 10.2 Å². The minimum Gasteiger partial charge on any atom is -0.376 e. The van der Waals surface area contributed by atoms with Crippen molar-refractivity contribution in [2.24, 2.45) is 0 Å². The molecule has 28 heavy (non-hydrogen) atoms. The molecule has 0 unspecified atom stereocenters. The Morgan fingerprint density at radius 3 is 2.50 bits per heavy atom. The molecule has 1 amide bonds. The van der Waals surface area contributed by atoms with Gasteiger partial charge in [-0.05, 0) is 38.1 Å². The molecule has 1 aromatic carbocycles. The van der Waals surface area contributed by atoms with Gasteiger partial charge in [-0.1, -0.05) is 0 Å². The van der Waals surface area contributed by atoms with Crippen LogP contribution < -0.4 is 10.2 Å². The van der Waals surface area contributed by atoms with Gasteiger partial charge >= 0.3 is 6.18 Å². The van der Waals surface area contributed by atoms with Crippen LogP contribution in [0, 0.1) is 0 Å². The molecule has 0 bridgehead atoms. The summed E-state index contributed by atoms with van der Waals surface area (Å²) in [4.78, 5) is 18.6. The highest BCUT2D eigenvalue weighted by molar-refractivity contribution is 6.07. The van der Waals surface area contributed by atoms with Crippen molar-refractivity contribution in [3.8, 4) is 0 Å². The lowest BCUT2D eigenvalue weighted by Gasteiger charge is -2.19. The van der Waals surface area contributed by atoms with Gasteiger partial charge in [-0.2, -0.15) is 18.3 Å². The van der Waals surface area contributed by atoms with Crippen LogP contribution in [0.25, 0.3) is 11.0 Å². The maximum atomic E-state index is 13.1. The third-order valence-electron chi connectivity index (χ3n) is 4.24. The first-order valence-corrected chi connectivity index (χ1v) is 8.61. The molecule has 148 valence electrons. The number of nitrogens with one attached hydrogen (secondary N) is 1. The highest BCUT2D eigenvalue weighted by Crippen LogP contribution is 2.35. The third-order valence-corrected chi connectivity index (χ3v) is 4.24. The van der Waals surface area contributed by atoms with Crippen molar-refractivity contribution in [2.75, 3.05) is 24.3 Å². The molecular weight excluding hydrogens is 371 g/mol. The zero-order valence-corrected chi connectivity index (χ0v) is 15.9. The number of nitrogens with zero attached hydrogens (tertiary/aromatic N) is 4. The van der Waals surface area contributed by atoms with Crippen LogP contribution >= 0.6 is 0 Å². The smallest absolute Gasteiger partial charge is 0.376 e. The van der Waals surface area contributed by atoms with Gasteiger partial charge in [-0.25, -0.2) is 9.67 Å². The predicted octanol–water partition coefficient (Wildman–Crippen LogP) is 4.35. The van der Waals surface area contributed by atoms with Crippen molar-refractivity contribution in [1.29, 1.82) is 0 Å². The first-order valence-electron chi connectivity index (χ1n) is 8.61. The normalized spacial score (nSPS) is 11.9. The lowest BCUT2D eigenvalue weighted by atomic mass is 10.1. The molecule has 3 rings (SSSR count). The Hall–Kier alpha value is -3.10. The lowest BCUT2D eigenvalue weighted by molar-refractivity contribution is -0.137. The summed E-state index contributed by atoms with van der Waals surface area (Å²) in [7, 11) is 3.37. The number of aromatic nitrogens is 3. The number of pyridine rings is 1. The number of rotatable bonds is 4. The van der Waals surface area contributed by atoms with Crippen LogP contribution in [0.4, 0.5) is 24.5 Å². The van der Waals surface area contributed by atoms with Crippen molar-refractivity contribution in [3.05, 3.63) is 47.8 Å². The van der Waals surface area contributed by atoms with Crippen LogP contribution in [0.15, 0.2) is 36.7 Å². The first-order chi connectivity index (χ1) is 13.1. The quantitative estimate of drug-likeness (QED) is 0.718. The molecule has 0 saturated heterocycles. The minimum absolute atomic E-state index is 0.0720. The van der Waals surface area contributed by atoms with Gasteiger partial charge in [0.2, 0.25) is 0 Å². The molecule has 0 saturated carbocycles. The zero-order chi connectivity index (χ0) is 20.6. The number of anilines is 2. The van der Waals surface area contributed by atoms with Crippen LogP contribution in [0.2, 0.25) is 0 Å². The summed E-state index contributed by atoms with van der Waals surface area (Å²) in [5.74, 6) is -0.547. The Morgan fingerprint density at radius 1 is 1.18 bits per heavy atom. The third kappa shape index (κ3) is 3.78. The summed E-state index contributed by atoms with van der Waals surface area (Å²) in [6.07, 6.45) is -1.51. The topological polar surface area (TPSA) is 63.1 Å². The van der Waals surface area contributed by atoms with E-state index in [1.165, 1.54) is 12.3 Å². The molecule has 0 aliphatic rings. The van der Waals surface area contributed by atoms with Gasteiger partial charge in [0.25, 0.3) is 5.91 Å². The van der Waals surface area contributed by atoms with Crippen LogP contribution in [-0.2, 0) is 6.18 Å². The number of alkyl halides is 3. The van der Waals surface area contributed by atoms with E-state index in [1.54, 1.807) is 35.9 Å². The number of amides is 1. The number of hydrogen-bond acceptors (Lipinski definition) is 4. The molecule has 0 aliphatic carbocycles. The second-order valence-corrected chi connectivity index (χ2v) is 6.90. The van der Waals surface area contributed by atoms with E-state index in [4.69, 9.17) is 0 Å². The van der Waals surface area contributed by atoms with E-state index >= 15 is 0 Å². The van der Waals surface area contributed by atoms with Crippen LogP contribution in [0.3, 0.4) is 0 Å². The average molecular weight is 391 g/mol. The number of carbonyl (C=O) groups excluding carboxylic acids is 1. The molecule has 6 nitrogen and oxygen atoms in total. The fourth-order valence-electron chi connectivity index (χ4n) is 2.84. The largest absolute Gasteiger partial charge is 0.416 e. The maximum Gasteiger partial charge on any atom is 0.416 e. The fourth-order valence-corrected chi connectivity index (χ4v) is 2.84. The van der Waals surface area contributed by atoms with Crippen molar-refractivity contribution in [2.45, 2.75) is 26.1 Å². The Balaban J connectivity index is 1.95. The predicted molar refractivity (Wildman–Crippen MR) is 102 cm³/mol. The summed E-state index contributed by atoms with van der Waals surface area (Å²) < 4.78 is 40.9. The van der Waals surface area contributed by atoms with Crippen molar-refractivity contribution >= 4 is 28.3 Å². The number of hydrogen-bond donors (Lipinski definition) is 1. The highest BCUT2D eigenvalue weighted by atomic mass is 19.4. The molecule has 3 aromatic rings. The first kappa shape index (κ1) is 19.7. The molecule has 0 spiro atoms. The summed E-state index contributed by atoms with van der Waals surface area (Å²) in [5, 5.41) is 7.49. The molecule has 9 heteroatoms. The monoisotopic (exact) mass is 391 g/mol. The lowest BCUT2D eigenvalue weighted by Crippen LogP contribution is -2.18. The summed E-state index contributed by atoms with van der Waals surface area (Å²) in [6.45, 7) is 3.93. The van der Waals surface area contributed by atoms with Crippen molar-refractivity contribution in [3.63, 3.8) is 0 Å². The molecule has 0 aliphatic heterocycles. The van der Waals surface area contributed by atoms with E-state index in [2.05, 4.69) is 15.4 Å². The Bertz CT molecular complexity index is 1020. The molecule has 0 fully saturated rings. The van der Waals surface area contributed by atoms with E-state index in [-0.39, 0.29) is 17.3 Å². The van der Waals surface area contributed by atoms with Gasteiger partial charge in [-0.15, -0.1) is 0 Å². The van der Waals surface area contributed by atoms with Crippen LogP contribution in [0.5, 0.6) is 0 Å². The van der Waals surface area contributed by atoms with E-state index in [0.717, 1.165) is 12.1 Å². The Morgan fingerprint density at radius 2 is 1.89 bits per heavy atom. The summed E-state index contributed by atoms with van der Waals surface area (Å²) in [6, 6.07) is 4.96. The van der Waals surface area contributed by atoms with Gasteiger partial charge in [-0.3, -0.25) is 4.79 Å². The van der Waals surface area contributed by atoms with Gasteiger partial charge in [0.1, 0.15) is 0 Å². The van der Waals surface area contributed by atoms with Crippen molar-refractivity contribution < 1.29 is 18.0 Å². The second-order valence-electron chi connectivity index (χ2n) is 6.90. The maximum absolute atomic E-state index is 13.1. The Kier molecular flexibility index (Phi) is 5.01.